The summed E-state index contributed by atoms with van der Waals surface area (Å²) in [5.41, 5.74) is 4.19. The molecule has 1 aliphatic heterocycles. The highest BCUT2D eigenvalue weighted by Gasteiger charge is 2.26. The summed E-state index contributed by atoms with van der Waals surface area (Å²) in [6.45, 7) is 2.99. The van der Waals surface area contributed by atoms with Crippen molar-refractivity contribution in [2.24, 2.45) is 0 Å². The minimum Gasteiger partial charge on any atom is -0.457 e. The van der Waals surface area contributed by atoms with Gasteiger partial charge in [-0.2, -0.15) is 4.98 Å². The van der Waals surface area contributed by atoms with Crippen LogP contribution in [0.3, 0.4) is 0 Å². The summed E-state index contributed by atoms with van der Waals surface area (Å²) < 4.78 is 5.57. The molecule has 5 rings (SSSR count). The van der Waals surface area contributed by atoms with Gasteiger partial charge in [0.1, 0.15) is 22.1 Å². The molecule has 0 saturated carbocycles. The number of hydrogen-bond donors (Lipinski definition) is 0. The lowest BCUT2D eigenvalue weighted by molar-refractivity contribution is 0.0478. The highest BCUT2D eigenvalue weighted by Crippen LogP contribution is 2.41. The van der Waals surface area contributed by atoms with Crippen molar-refractivity contribution in [3.05, 3.63) is 81.4 Å². The summed E-state index contributed by atoms with van der Waals surface area (Å²) in [5, 5.41) is 1.04. The SMILES string of the molecule is Cc1c(C(=O)OCc2ccccc2)sc2nc(Cl)nc(N3CCCc4ccccc43)c12. The molecule has 2 aromatic carbocycles. The van der Waals surface area contributed by atoms with Gasteiger partial charge in [0.05, 0.1) is 5.39 Å². The van der Waals surface area contributed by atoms with Crippen LogP contribution >= 0.6 is 22.9 Å². The fourth-order valence-electron chi connectivity index (χ4n) is 4.02. The summed E-state index contributed by atoms with van der Waals surface area (Å²) >= 11 is 7.60. The number of carbonyl (C=O) groups is 1. The highest BCUT2D eigenvalue weighted by molar-refractivity contribution is 7.20. The first-order chi connectivity index (χ1) is 15.1. The van der Waals surface area contributed by atoms with E-state index >= 15 is 0 Å². The number of para-hydroxylation sites is 1. The van der Waals surface area contributed by atoms with Gasteiger partial charge in [0.2, 0.25) is 5.28 Å². The molecule has 3 heterocycles. The molecular formula is C24H20ClN3O2S. The molecule has 0 spiro atoms. The number of esters is 1. The van der Waals surface area contributed by atoms with Crippen LogP contribution in [0.2, 0.25) is 5.28 Å². The van der Waals surface area contributed by atoms with Gasteiger partial charge in [-0.05, 0) is 54.1 Å². The van der Waals surface area contributed by atoms with E-state index in [-0.39, 0.29) is 17.9 Å². The molecule has 0 unspecified atom stereocenters. The van der Waals surface area contributed by atoms with Crippen molar-refractivity contribution < 1.29 is 9.53 Å². The van der Waals surface area contributed by atoms with E-state index in [4.69, 9.17) is 16.3 Å². The predicted octanol–water partition coefficient (Wildman–Crippen LogP) is 6.09. The standard InChI is InChI=1S/C24H20ClN3O2S/c1-15-19-21(28-13-7-11-17-10-5-6-12-18(17)28)26-24(25)27-22(19)31-20(15)23(29)30-14-16-8-3-2-4-9-16/h2-6,8-10,12H,7,11,13-14H2,1H3. The molecule has 2 aromatic heterocycles. The minimum absolute atomic E-state index is 0.177. The fourth-order valence-corrected chi connectivity index (χ4v) is 5.31. The number of halogens is 1. The highest BCUT2D eigenvalue weighted by atomic mass is 35.5. The summed E-state index contributed by atoms with van der Waals surface area (Å²) in [5.74, 6) is 0.392. The van der Waals surface area contributed by atoms with Crippen molar-refractivity contribution >= 4 is 50.6 Å². The third kappa shape index (κ3) is 3.77. The van der Waals surface area contributed by atoms with Crippen molar-refractivity contribution in [3.8, 4) is 0 Å². The smallest absolute Gasteiger partial charge is 0.349 e. The Labute approximate surface area is 189 Å². The van der Waals surface area contributed by atoms with Crippen molar-refractivity contribution in [1.29, 1.82) is 0 Å². The molecule has 7 heteroatoms. The minimum atomic E-state index is -0.356. The molecule has 0 bridgehead atoms. The zero-order valence-corrected chi connectivity index (χ0v) is 18.5. The van der Waals surface area contributed by atoms with Crippen LogP contribution in [-0.4, -0.2) is 22.5 Å². The lowest BCUT2D eigenvalue weighted by Crippen LogP contribution is -2.25. The maximum Gasteiger partial charge on any atom is 0.349 e. The lowest BCUT2D eigenvalue weighted by Gasteiger charge is -2.31. The molecule has 0 radical (unpaired) electrons. The Morgan fingerprint density at radius 1 is 1.13 bits per heavy atom. The van der Waals surface area contributed by atoms with Gasteiger partial charge < -0.3 is 9.64 Å². The molecular weight excluding hydrogens is 430 g/mol. The number of fused-ring (bicyclic) bond motifs is 2. The third-order valence-electron chi connectivity index (χ3n) is 5.51. The Morgan fingerprint density at radius 2 is 1.90 bits per heavy atom. The van der Waals surface area contributed by atoms with Crippen molar-refractivity contribution in [2.45, 2.75) is 26.4 Å². The van der Waals surface area contributed by atoms with Crippen LogP contribution in [0.5, 0.6) is 0 Å². The number of aromatic nitrogens is 2. The molecule has 0 fully saturated rings. The average molecular weight is 450 g/mol. The van der Waals surface area contributed by atoms with E-state index in [2.05, 4.69) is 33.1 Å². The summed E-state index contributed by atoms with van der Waals surface area (Å²) in [6, 6.07) is 18.0. The Hall–Kier alpha value is -2.96. The van der Waals surface area contributed by atoms with E-state index in [0.29, 0.717) is 9.71 Å². The van der Waals surface area contributed by atoms with Gasteiger partial charge >= 0.3 is 5.97 Å². The number of nitrogens with zero attached hydrogens (tertiary/aromatic N) is 3. The molecule has 0 N–H and O–H groups in total. The summed E-state index contributed by atoms with van der Waals surface area (Å²) in [7, 11) is 0. The second-order valence-electron chi connectivity index (χ2n) is 7.50. The largest absolute Gasteiger partial charge is 0.457 e. The van der Waals surface area contributed by atoms with Crippen LogP contribution in [0.25, 0.3) is 10.2 Å². The van der Waals surface area contributed by atoms with Gasteiger partial charge in [-0.1, -0.05) is 48.5 Å². The Kier molecular flexibility index (Phi) is 5.34. The van der Waals surface area contributed by atoms with E-state index in [9.17, 15) is 4.79 Å². The normalized spacial score (nSPS) is 13.3. The van der Waals surface area contributed by atoms with E-state index in [1.54, 1.807) is 0 Å². The monoisotopic (exact) mass is 449 g/mol. The molecule has 0 amide bonds. The van der Waals surface area contributed by atoms with Crippen molar-refractivity contribution in [3.63, 3.8) is 0 Å². The van der Waals surface area contributed by atoms with Crippen LogP contribution in [0, 0.1) is 6.92 Å². The average Bonchev–Trinajstić information content (AvgIpc) is 3.13. The van der Waals surface area contributed by atoms with Gasteiger partial charge in [-0.15, -0.1) is 11.3 Å². The maximum absolute atomic E-state index is 12.9. The van der Waals surface area contributed by atoms with E-state index in [1.807, 2.05) is 43.3 Å². The topological polar surface area (TPSA) is 55.3 Å². The first-order valence-electron chi connectivity index (χ1n) is 10.1. The van der Waals surface area contributed by atoms with E-state index in [0.717, 1.165) is 47.4 Å². The number of anilines is 2. The van der Waals surface area contributed by atoms with Gasteiger partial charge in [-0.25, -0.2) is 9.78 Å². The number of hydrogen-bond acceptors (Lipinski definition) is 6. The van der Waals surface area contributed by atoms with E-state index < -0.39 is 0 Å². The zero-order chi connectivity index (χ0) is 21.4. The Morgan fingerprint density at radius 3 is 2.74 bits per heavy atom. The molecule has 5 nitrogen and oxygen atoms in total. The summed E-state index contributed by atoms with van der Waals surface area (Å²) in [4.78, 5) is 25.3. The van der Waals surface area contributed by atoms with Gasteiger partial charge in [0.15, 0.2) is 0 Å². The predicted molar refractivity (Wildman–Crippen MR) is 124 cm³/mol. The molecule has 31 heavy (non-hydrogen) atoms. The second kappa shape index (κ2) is 8.29. The van der Waals surface area contributed by atoms with Crippen LogP contribution in [0.1, 0.15) is 32.8 Å². The fraction of sp³-hybridized carbons (Fsp3) is 0.208. The number of rotatable bonds is 4. The van der Waals surface area contributed by atoms with Gasteiger partial charge in [0.25, 0.3) is 0 Å². The molecule has 156 valence electrons. The Balaban J connectivity index is 1.54. The molecule has 0 saturated heterocycles. The quantitative estimate of drug-likeness (QED) is 0.278. The first kappa shape index (κ1) is 20.0. The van der Waals surface area contributed by atoms with Gasteiger partial charge in [0, 0.05) is 12.2 Å². The van der Waals surface area contributed by atoms with Crippen LogP contribution < -0.4 is 4.90 Å². The van der Waals surface area contributed by atoms with E-state index in [1.165, 1.54) is 16.9 Å². The molecule has 1 aliphatic rings. The Bertz CT molecular complexity index is 1270. The van der Waals surface area contributed by atoms with Crippen molar-refractivity contribution in [1.82, 2.24) is 9.97 Å². The summed E-state index contributed by atoms with van der Waals surface area (Å²) in [6.07, 6.45) is 2.06. The zero-order valence-electron chi connectivity index (χ0n) is 17.0. The van der Waals surface area contributed by atoms with Crippen LogP contribution in [0.15, 0.2) is 54.6 Å². The first-order valence-corrected chi connectivity index (χ1v) is 11.3. The van der Waals surface area contributed by atoms with Crippen LogP contribution in [0.4, 0.5) is 11.5 Å². The number of thiophene rings is 1. The second-order valence-corrected chi connectivity index (χ2v) is 8.84. The molecule has 4 aromatic rings. The maximum atomic E-state index is 12.9. The molecule has 0 aliphatic carbocycles. The number of benzene rings is 2. The number of carbonyl (C=O) groups excluding carboxylic acids is 1. The lowest BCUT2D eigenvalue weighted by atomic mass is 10.0. The van der Waals surface area contributed by atoms with Crippen molar-refractivity contribution in [2.75, 3.05) is 11.4 Å². The molecule has 0 atom stereocenters. The number of aryl methyl sites for hydroxylation is 2. The van der Waals surface area contributed by atoms with Crippen LogP contribution in [-0.2, 0) is 17.8 Å². The van der Waals surface area contributed by atoms with Gasteiger partial charge in [-0.3, -0.25) is 0 Å². The third-order valence-corrected chi connectivity index (χ3v) is 6.84. The number of ether oxygens (including phenoxy) is 1.